The van der Waals surface area contributed by atoms with Gasteiger partial charge >= 0.3 is 5.97 Å². The van der Waals surface area contributed by atoms with Gasteiger partial charge in [0.15, 0.2) is 0 Å². The molecule has 88 valence electrons. The molecule has 1 saturated heterocycles. The van der Waals surface area contributed by atoms with Crippen molar-refractivity contribution < 1.29 is 9.90 Å². The van der Waals surface area contributed by atoms with E-state index in [-0.39, 0.29) is 0 Å². The van der Waals surface area contributed by atoms with E-state index in [0.29, 0.717) is 6.04 Å². The molecule has 4 heteroatoms. The molecule has 0 aromatic heterocycles. The number of hydrogen-bond acceptors (Lipinski definition) is 3. The molecule has 0 saturated carbocycles. The minimum atomic E-state index is -0.700. The molecular formula is C11H22N2O2. The molecular weight excluding hydrogens is 192 g/mol. The predicted octanol–water partition coefficient (Wildman–Crippen LogP) is 0.781. The van der Waals surface area contributed by atoms with E-state index in [1.165, 1.54) is 0 Å². The molecule has 1 rings (SSSR count). The fourth-order valence-corrected chi connectivity index (χ4v) is 1.82. The van der Waals surface area contributed by atoms with Crippen molar-refractivity contribution >= 4 is 5.97 Å². The predicted molar refractivity (Wildman–Crippen MR) is 59.9 cm³/mol. The van der Waals surface area contributed by atoms with E-state index in [9.17, 15) is 4.79 Å². The maximum atomic E-state index is 10.9. The molecule has 4 nitrogen and oxygen atoms in total. The van der Waals surface area contributed by atoms with E-state index in [0.717, 1.165) is 32.5 Å². The Kier molecular flexibility index (Phi) is 4.11. The van der Waals surface area contributed by atoms with Gasteiger partial charge in [-0.2, -0.15) is 0 Å². The van der Waals surface area contributed by atoms with Crippen LogP contribution >= 0.6 is 0 Å². The quantitative estimate of drug-likeness (QED) is 0.726. The molecule has 0 radical (unpaired) electrons. The van der Waals surface area contributed by atoms with E-state index in [2.05, 4.69) is 17.3 Å². The van der Waals surface area contributed by atoms with Crippen LogP contribution in [0.25, 0.3) is 0 Å². The summed E-state index contributed by atoms with van der Waals surface area (Å²) >= 11 is 0. The standard InChI is InChI=1S/C11H22N2O2/c1-11(2,10(14)15)5-4-9-8-12-6-7-13(9)3/h9,12H,4-8H2,1-3H3,(H,14,15). The third-order valence-electron chi connectivity index (χ3n) is 3.33. The molecule has 0 aromatic carbocycles. The lowest BCUT2D eigenvalue weighted by Crippen LogP contribution is -2.49. The van der Waals surface area contributed by atoms with Crippen LogP contribution < -0.4 is 5.32 Å². The van der Waals surface area contributed by atoms with Crippen LogP contribution in [0.4, 0.5) is 0 Å². The van der Waals surface area contributed by atoms with E-state index in [1.54, 1.807) is 13.8 Å². The van der Waals surface area contributed by atoms with Gasteiger partial charge in [0.2, 0.25) is 0 Å². The Morgan fingerprint density at radius 1 is 1.60 bits per heavy atom. The van der Waals surface area contributed by atoms with Crippen molar-refractivity contribution in [3.63, 3.8) is 0 Å². The first-order valence-electron chi connectivity index (χ1n) is 5.58. The van der Waals surface area contributed by atoms with Gasteiger partial charge in [-0.15, -0.1) is 0 Å². The first kappa shape index (κ1) is 12.5. The normalized spacial score (nSPS) is 24.1. The minimum absolute atomic E-state index is 0.484. The Morgan fingerprint density at radius 2 is 2.27 bits per heavy atom. The average molecular weight is 214 g/mol. The van der Waals surface area contributed by atoms with Crippen LogP contribution in [0.15, 0.2) is 0 Å². The van der Waals surface area contributed by atoms with Gasteiger partial charge in [-0.05, 0) is 33.7 Å². The average Bonchev–Trinajstić information content (AvgIpc) is 2.16. The largest absolute Gasteiger partial charge is 0.481 e. The highest BCUT2D eigenvalue weighted by atomic mass is 16.4. The van der Waals surface area contributed by atoms with Gasteiger partial charge in [-0.3, -0.25) is 4.79 Å². The highest BCUT2D eigenvalue weighted by molar-refractivity contribution is 5.73. The van der Waals surface area contributed by atoms with Gasteiger partial charge in [0.25, 0.3) is 0 Å². The molecule has 0 spiro atoms. The molecule has 1 aliphatic rings. The number of nitrogens with zero attached hydrogens (tertiary/aromatic N) is 1. The molecule has 0 aromatic rings. The van der Waals surface area contributed by atoms with Gasteiger partial charge in [0, 0.05) is 25.7 Å². The van der Waals surface area contributed by atoms with Crippen molar-refractivity contribution in [1.29, 1.82) is 0 Å². The first-order valence-corrected chi connectivity index (χ1v) is 5.58. The molecule has 1 atom stereocenters. The van der Waals surface area contributed by atoms with Crippen LogP contribution in [-0.4, -0.2) is 48.7 Å². The number of likely N-dealkylation sites (N-methyl/N-ethyl adjacent to an activating group) is 1. The number of hydrogen-bond donors (Lipinski definition) is 2. The summed E-state index contributed by atoms with van der Waals surface area (Å²) < 4.78 is 0. The van der Waals surface area contributed by atoms with Crippen molar-refractivity contribution in [3.05, 3.63) is 0 Å². The maximum absolute atomic E-state index is 10.9. The van der Waals surface area contributed by atoms with Crippen molar-refractivity contribution in [2.75, 3.05) is 26.7 Å². The van der Waals surface area contributed by atoms with E-state index in [1.807, 2.05) is 0 Å². The lowest BCUT2D eigenvalue weighted by Gasteiger charge is -2.34. The zero-order valence-electron chi connectivity index (χ0n) is 9.92. The van der Waals surface area contributed by atoms with Crippen molar-refractivity contribution in [3.8, 4) is 0 Å². The number of nitrogens with one attached hydrogen (secondary N) is 1. The van der Waals surface area contributed by atoms with Crippen LogP contribution in [0.5, 0.6) is 0 Å². The summed E-state index contributed by atoms with van der Waals surface area (Å²) in [7, 11) is 2.11. The molecule has 1 heterocycles. The SMILES string of the molecule is CN1CCNCC1CCC(C)(C)C(=O)O. The summed E-state index contributed by atoms with van der Waals surface area (Å²) in [5, 5.41) is 12.3. The van der Waals surface area contributed by atoms with Crippen molar-refractivity contribution in [2.45, 2.75) is 32.7 Å². The van der Waals surface area contributed by atoms with E-state index >= 15 is 0 Å². The number of aliphatic carboxylic acids is 1. The second kappa shape index (κ2) is 4.94. The van der Waals surface area contributed by atoms with Gasteiger partial charge < -0.3 is 15.3 Å². The Morgan fingerprint density at radius 3 is 2.80 bits per heavy atom. The Balaban J connectivity index is 2.38. The molecule has 1 aliphatic heterocycles. The van der Waals surface area contributed by atoms with Crippen LogP contribution in [0.1, 0.15) is 26.7 Å². The lowest BCUT2D eigenvalue weighted by atomic mass is 9.86. The smallest absolute Gasteiger partial charge is 0.309 e. The second-order valence-electron chi connectivity index (χ2n) is 5.07. The van der Waals surface area contributed by atoms with Crippen LogP contribution in [-0.2, 0) is 4.79 Å². The molecule has 15 heavy (non-hydrogen) atoms. The highest BCUT2D eigenvalue weighted by Gasteiger charge is 2.29. The summed E-state index contributed by atoms with van der Waals surface area (Å²) in [4.78, 5) is 13.3. The second-order valence-corrected chi connectivity index (χ2v) is 5.07. The summed E-state index contributed by atoms with van der Waals surface area (Å²) in [5.41, 5.74) is -0.599. The van der Waals surface area contributed by atoms with Crippen LogP contribution in [0.2, 0.25) is 0 Å². The Bertz CT molecular complexity index is 229. The molecule has 1 fully saturated rings. The van der Waals surface area contributed by atoms with Gasteiger partial charge in [-0.25, -0.2) is 0 Å². The summed E-state index contributed by atoms with van der Waals surface area (Å²) in [6, 6.07) is 0.484. The number of carboxylic acid groups (broad SMARTS) is 1. The number of piperazine rings is 1. The fourth-order valence-electron chi connectivity index (χ4n) is 1.82. The van der Waals surface area contributed by atoms with Crippen LogP contribution in [0, 0.1) is 5.41 Å². The molecule has 0 bridgehead atoms. The van der Waals surface area contributed by atoms with Crippen molar-refractivity contribution in [2.24, 2.45) is 5.41 Å². The fraction of sp³-hybridized carbons (Fsp3) is 0.909. The maximum Gasteiger partial charge on any atom is 0.309 e. The summed E-state index contributed by atoms with van der Waals surface area (Å²) in [6.45, 7) is 6.66. The monoisotopic (exact) mass is 214 g/mol. The van der Waals surface area contributed by atoms with Gasteiger partial charge in [0.05, 0.1) is 5.41 Å². The third kappa shape index (κ3) is 3.47. The highest BCUT2D eigenvalue weighted by Crippen LogP contribution is 2.24. The molecule has 0 amide bonds. The summed E-state index contributed by atoms with van der Waals surface area (Å²) in [5.74, 6) is -0.700. The van der Waals surface area contributed by atoms with Crippen LogP contribution in [0.3, 0.4) is 0 Å². The minimum Gasteiger partial charge on any atom is -0.481 e. The third-order valence-corrected chi connectivity index (χ3v) is 3.33. The topological polar surface area (TPSA) is 52.6 Å². The number of carboxylic acids is 1. The Labute approximate surface area is 91.6 Å². The van der Waals surface area contributed by atoms with E-state index in [4.69, 9.17) is 5.11 Å². The zero-order valence-corrected chi connectivity index (χ0v) is 9.92. The first-order chi connectivity index (χ1) is 6.93. The van der Waals surface area contributed by atoms with Gasteiger partial charge in [0.1, 0.15) is 0 Å². The Hall–Kier alpha value is -0.610. The molecule has 2 N–H and O–H groups in total. The van der Waals surface area contributed by atoms with Crippen molar-refractivity contribution in [1.82, 2.24) is 10.2 Å². The zero-order chi connectivity index (χ0) is 11.5. The number of rotatable bonds is 4. The lowest BCUT2D eigenvalue weighted by molar-refractivity contribution is -0.147. The molecule has 0 aliphatic carbocycles. The van der Waals surface area contributed by atoms with Gasteiger partial charge in [-0.1, -0.05) is 0 Å². The number of carbonyl (C=O) groups is 1. The summed E-state index contributed by atoms with van der Waals surface area (Å²) in [6.07, 6.45) is 1.68. The van der Waals surface area contributed by atoms with E-state index < -0.39 is 11.4 Å². The molecule has 1 unspecified atom stereocenters.